The number of ether oxygens (including phenoxy) is 1. The third-order valence-corrected chi connectivity index (χ3v) is 5.16. The first-order chi connectivity index (χ1) is 13.3. The molecule has 3 aromatic heterocycles. The summed E-state index contributed by atoms with van der Waals surface area (Å²) in [5, 5.41) is 4.44. The maximum Gasteiger partial charge on any atom is 0.198 e. The van der Waals surface area contributed by atoms with Gasteiger partial charge in [0, 0.05) is 38.2 Å². The van der Waals surface area contributed by atoms with Crippen LogP contribution in [0.25, 0.3) is 16.7 Å². The maximum atomic E-state index is 5.98. The molecule has 0 bridgehead atoms. The number of para-hydroxylation sites is 2. The molecule has 1 aliphatic rings. The zero-order chi connectivity index (χ0) is 18.2. The van der Waals surface area contributed by atoms with Gasteiger partial charge < -0.3 is 14.1 Å². The van der Waals surface area contributed by atoms with Crippen molar-refractivity contribution in [1.82, 2.24) is 19.6 Å². The van der Waals surface area contributed by atoms with Crippen molar-refractivity contribution in [2.24, 2.45) is 0 Å². The largest absolute Gasteiger partial charge is 0.440 e. The Balaban J connectivity index is 1.38. The van der Waals surface area contributed by atoms with E-state index in [9.17, 15) is 0 Å². The van der Waals surface area contributed by atoms with Crippen molar-refractivity contribution in [2.75, 3.05) is 25.1 Å². The van der Waals surface area contributed by atoms with Gasteiger partial charge in [0.2, 0.25) is 0 Å². The summed E-state index contributed by atoms with van der Waals surface area (Å²) in [6.07, 6.45) is 3.78. The molecule has 0 atom stereocenters. The lowest BCUT2D eigenvalue weighted by molar-refractivity contribution is 0.181. The molecule has 27 heavy (non-hydrogen) atoms. The second-order valence-corrected chi connectivity index (χ2v) is 6.92. The first-order valence-electron chi connectivity index (χ1n) is 9.25. The molecule has 7 heteroatoms. The zero-order valence-electron chi connectivity index (χ0n) is 15.2. The molecule has 4 aromatic rings. The van der Waals surface area contributed by atoms with Crippen molar-refractivity contribution >= 4 is 22.6 Å². The summed E-state index contributed by atoms with van der Waals surface area (Å²) in [6, 6.07) is 11.9. The van der Waals surface area contributed by atoms with Crippen LogP contribution in [0.2, 0.25) is 0 Å². The van der Waals surface area contributed by atoms with Gasteiger partial charge in [-0.15, -0.1) is 0 Å². The highest BCUT2D eigenvalue weighted by atomic mass is 16.5. The number of benzene rings is 1. The van der Waals surface area contributed by atoms with Gasteiger partial charge in [-0.1, -0.05) is 12.1 Å². The van der Waals surface area contributed by atoms with Gasteiger partial charge in [-0.2, -0.15) is 9.61 Å². The van der Waals surface area contributed by atoms with Gasteiger partial charge in [0.25, 0.3) is 0 Å². The Labute approximate surface area is 156 Å². The van der Waals surface area contributed by atoms with Crippen LogP contribution in [0.15, 0.2) is 47.0 Å². The molecule has 4 heterocycles. The fraction of sp³-hybridized carbons (Fsp3) is 0.350. The lowest BCUT2D eigenvalue weighted by Gasteiger charge is -2.32. The van der Waals surface area contributed by atoms with E-state index in [2.05, 4.69) is 26.0 Å². The molecule has 0 N–H and O–H groups in total. The van der Waals surface area contributed by atoms with Crippen molar-refractivity contribution < 1.29 is 9.15 Å². The van der Waals surface area contributed by atoms with Gasteiger partial charge >= 0.3 is 0 Å². The molecule has 7 nitrogen and oxygen atoms in total. The van der Waals surface area contributed by atoms with Crippen LogP contribution in [-0.2, 0) is 11.3 Å². The van der Waals surface area contributed by atoms with E-state index in [1.54, 1.807) is 13.3 Å². The molecule has 0 spiro atoms. The smallest absolute Gasteiger partial charge is 0.198 e. The lowest BCUT2D eigenvalue weighted by Crippen LogP contribution is -2.34. The van der Waals surface area contributed by atoms with Crippen LogP contribution >= 0.6 is 0 Å². The molecule has 0 saturated carbocycles. The van der Waals surface area contributed by atoms with Crippen LogP contribution in [0.5, 0.6) is 0 Å². The van der Waals surface area contributed by atoms with Crippen molar-refractivity contribution in [3.05, 3.63) is 54.2 Å². The second-order valence-electron chi connectivity index (χ2n) is 6.92. The molecule has 0 unspecified atom stereocenters. The van der Waals surface area contributed by atoms with Crippen molar-refractivity contribution in [3.8, 4) is 0 Å². The van der Waals surface area contributed by atoms with Gasteiger partial charge in [-0.3, -0.25) is 0 Å². The Bertz CT molecular complexity index is 1050. The Morgan fingerprint density at radius 1 is 1.15 bits per heavy atom. The summed E-state index contributed by atoms with van der Waals surface area (Å²) in [5.41, 5.74) is 3.57. The Morgan fingerprint density at radius 3 is 2.81 bits per heavy atom. The average Bonchev–Trinajstić information content (AvgIpc) is 3.34. The van der Waals surface area contributed by atoms with Crippen molar-refractivity contribution in [3.63, 3.8) is 0 Å². The summed E-state index contributed by atoms with van der Waals surface area (Å²) in [4.78, 5) is 11.6. The van der Waals surface area contributed by atoms with Gasteiger partial charge in [0.05, 0.1) is 18.5 Å². The van der Waals surface area contributed by atoms with Gasteiger partial charge in [0.15, 0.2) is 17.1 Å². The number of nitrogens with zero attached hydrogens (tertiary/aromatic N) is 5. The minimum Gasteiger partial charge on any atom is -0.440 e. The van der Waals surface area contributed by atoms with Crippen molar-refractivity contribution in [2.45, 2.75) is 25.4 Å². The number of hydrogen-bond donors (Lipinski definition) is 0. The number of rotatable bonds is 4. The average molecular weight is 363 g/mol. The normalized spacial score (nSPS) is 15.8. The van der Waals surface area contributed by atoms with Crippen LogP contribution < -0.4 is 4.90 Å². The molecule has 0 amide bonds. The van der Waals surface area contributed by atoms with E-state index in [4.69, 9.17) is 9.15 Å². The van der Waals surface area contributed by atoms with Gasteiger partial charge in [-0.25, -0.2) is 9.97 Å². The lowest BCUT2D eigenvalue weighted by atomic mass is 9.97. The third kappa shape index (κ3) is 2.94. The number of aromatic nitrogens is 4. The van der Waals surface area contributed by atoms with Crippen LogP contribution in [0.1, 0.15) is 30.3 Å². The predicted molar refractivity (Wildman–Crippen MR) is 102 cm³/mol. The molecule has 1 aliphatic heterocycles. The first-order valence-corrected chi connectivity index (χ1v) is 9.25. The minimum atomic E-state index is 0.349. The van der Waals surface area contributed by atoms with Crippen LogP contribution in [0, 0.1) is 0 Å². The quantitative estimate of drug-likeness (QED) is 0.553. The van der Waals surface area contributed by atoms with E-state index in [-0.39, 0.29) is 0 Å². The summed E-state index contributed by atoms with van der Waals surface area (Å²) in [6.45, 7) is 2.34. The first kappa shape index (κ1) is 16.3. The molecule has 5 rings (SSSR count). The Morgan fingerprint density at radius 2 is 2.00 bits per heavy atom. The monoisotopic (exact) mass is 363 g/mol. The third-order valence-electron chi connectivity index (χ3n) is 5.16. The van der Waals surface area contributed by atoms with Crippen molar-refractivity contribution in [1.29, 1.82) is 0 Å². The van der Waals surface area contributed by atoms with E-state index in [0.29, 0.717) is 12.5 Å². The minimum absolute atomic E-state index is 0.349. The number of methoxy groups -OCH3 is 1. The zero-order valence-corrected chi connectivity index (χ0v) is 15.2. The highest BCUT2D eigenvalue weighted by Gasteiger charge is 2.26. The molecular formula is C20H21N5O2. The Hall–Kier alpha value is -2.93. The van der Waals surface area contributed by atoms with E-state index in [0.717, 1.165) is 60.1 Å². The number of piperidine rings is 1. The predicted octanol–water partition coefficient (Wildman–Crippen LogP) is 3.40. The molecule has 1 fully saturated rings. The number of oxazole rings is 1. The standard InChI is InChI=1S/C20H21N5O2/c1-26-13-15-12-19(25-18(22-15)6-9-21-25)24-10-7-14(8-11-24)20-23-16-4-2-3-5-17(16)27-20/h2-6,9,12,14H,7-8,10-11,13H2,1H3. The van der Waals surface area contributed by atoms with E-state index < -0.39 is 0 Å². The highest BCUT2D eigenvalue weighted by Crippen LogP contribution is 2.32. The molecular weight excluding hydrogens is 342 g/mol. The van der Waals surface area contributed by atoms with Crippen LogP contribution in [0.3, 0.4) is 0 Å². The van der Waals surface area contributed by atoms with E-state index in [1.807, 2.05) is 34.8 Å². The molecule has 0 radical (unpaired) electrons. The molecule has 138 valence electrons. The number of fused-ring (bicyclic) bond motifs is 2. The summed E-state index contributed by atoms with van der Waals surface area (Å²) in [5.74, 6) is 2.27. The summed E-state index contributed by atoms with van der Waals surface area (Å²) < 4.78 is 13.2. The molecule has 0 aliphatic carbocycles. The van der Waals surface area contributed by atoms with E-state index in [1.165, 1.54) is 0 Å². The van der Waals surface area contributed by atoms with Gasteiger partial charge in [0.1, 0.15) is 11.3 Å². The number of anilines is 1. The number of hydrogen-bond acceptors (Lipinski definition) is 6. The fourth-order valence-electron chi connectivity index (χ4n) is 3.81. The maximum absolute atomic E-state index is 5.98. The molecule has 1 saturated heterocycles. The van der Waals surface area contributed by atoms with E-state index >= 15 is 0 Å². The van der Waals surface area contributed by atoms with Gasteiger partial charge in [-0.05, 0) is 25.0 Å². The topological polar surface area (TPSA) is 68.7 Å². The fourth-order valence-corrected chi connectivity index (χ4v) is 3.81. The second kappa shape index (κ2) is 6.66. The Kier molecular flexibility index (Phi) is 4.01. The van der Waals surface area contributed by atoms with Crippen LogP contribution in [-0.4, -0.2) is 39.8 Å². The SMILES string of the molecule is COCc1cc(N2CCC(c3nc4ccccc4o3)CC2)n2nccc2n1. The summed E-state index contributed by atoms with van der Waals surface area (Å²) >= 11 is 0. The van der Waals surface area contributed by atoms with Crippen LogP contribution in [0.4, 0.5) is 5.82 Å². The summed E-state index contributed by atoms with van der Waals surface area (Å²) in [7, 11) is 1.69. The highest BCUT2D eigenvalue weighted by molar-refractivity contribution is 5.72. The molecule has 1 aromatic carbocycles.